The topological polar surface area (TPSA) is 39.9 Å². The highest BCUT2D eigenvalue weighted by Crippen LogP contribution is 2.24. The molecule has 3 rings (SSSR count). The van der Waals surface area contributed by atoms with Gasteiger partial charge in [-0.3, -0.25) is 0 Å². The lowest BCUT2D eigenvalue weighted by atomic mass is 10.2. The fourth-order valence-electron chi connectivity index (χ4n) is 2.11. The Hall–Kier alpha value is -2.62. The lowest BCUT2D eigenvalue weighted by Gasteiger charge is -2.10. The number of rotatable bonds is 4. The maximum Gasteiger partial charge on any atom is 0.147 e. The zero-order chi connectivity index (χ0) is 14.7. The van der Waals surface area contributed by atoms with E-state index in [1.165, 1.54) is 0 Å². The van der Waals surface area contributed by atoms with Gasteiger partial charge < -0.3 is 4.74 Å². The molecule has 0 spiro atoms. The molecule has 0 unspecified atom stereocenters. The maximum atomic E-state index is 5.80. The minimum absolute atomic E-state index is 0.535. The number of aromatic nitrogens is 3. The SMILES string of the molecule is C/C=C/COc1ccc(C)cc1-n1nc2ccccc2n1. The van der Waals surface area contributed by atoms with E-state index < -0.39 is 0 Å². The second-order valence-electron chi connectivity index (χ2n) is 4.83. The molecule has 106 valence electrons. The van der Waals surface area contributed by atoms with E-state index in [-0.39, 0.29) is 0 Å². The van der Waals surface area contributed by atoms with Gasteiger partial charge in [0, 0.05) is 0 Å². The number of benzene rings is 2. The van der Waals surface area contributed by atoms with E-state index in [9.17, 15) is 0 Å². The van der Waals surface area contributed by atoms with E-state index in [0.717, 1.165) is 28.0 Å². The second kappa shape index (κ2) is 5.79. The van der Waals surface area contributed by atoms with Crippen molar-refractivity contribution in [2.75, 3.05) is 6.61 Å². The van der Waals surface area contributed by atoms with Crippen LogP contribution in [0.1, 0.15) is 12.5 Å². The third kappa shape index (κ3) is 2.79. The zero-order valence-corrected chi connectivity index (χ0v) is 12.2. The average molecular weight is 279 g/mol. The Morgan fingerprint density at radius 1 is 1.10 bits per heavy atom. The highest BCUT2D eigenvalue weighted by molar-refractivity contribution is 5.73. The van der Waals surface area contributed by atoms with Gasteiger partial charge in [-0.15, -0.1) is 15.0 Å². The van der Waals surface area contributed by atoms with Crippen LogP contribution in [0.3, 0.4) is 0 Å². The molecule has 0 bridgehead atoms. The van der Waals surface area contributed by atoms with Crippen LogP contribution in [0.4, 0.5) is 0 Å². The van der Waals surface area contributed by atoms with Crippen LogP contribution in [-0.4, -0.2) is 21.6 Å². The lowest BCUT2D eigenvalue weighted by Crippen LogP contribution is -2.04. The first-order valence-electron chi connectivity index (χ1n) is 6.95. The molecule has 0 radical (unpaired) electrons. The summed E-state index contributed by atoms with van der Waals surface area (Å²) in [7, 11) is 0. The Morgan fingerprint density at radius 3 is 2.48 bits per heavy atom. The summed E-state index contributed by atoms with van der Waals surface area (Å²) < 4.78 is 5.80. The van der Waals surface area contributed by atoms with Gasteiger partial charge in [-0.25, -0.2) is 0 Å². The minimum Gasteiger partial charge on any atom is -0.487 e. The summed E-state index contributed by atoms with van der Waals surface area (Å²) in [6, 6.07) is 13.8. The number of allylic oxidation sites excluding steroid dienone is 1. The molecule has 21 heavy (non-hydrogen) atoms. The van der Waals surface area contributed by atoms with Gasteiger partial charge in [-0.2, -0.15) is 0 Å². The van der Waals surface area contributed by atoms with Crippen LogP contribution in [0.25, 0.3) is 16.7 Å². The van der Waals surface area contributed by atoms with Gasteiger partial charge in [-0.05, 0) is 43.7 Å². The van der Waals surface area contributed by atoms with Crippen LogP contribution < -0.4 is 4.74 Å². The number of nitrogens with zero attached hydrogens (tertiary/aromatic N) is 3. The van der Waals surface area contributed by atoms with Crippen molar-refractivity contribution in [3.63, 3.8) is 0 Å². The molecule has 0 saturated carbocycles. The van der Waals surface area contributed by atoms with E-state index in [2.05, 4.69) is 10.2 Å². The van der Waals surface area contributed by atoms with Crippen LogP contribution in [0, 0.1) is 6.92 Å². The molecule has 0 N–H and O–H groups in total. The van der Waals surface area contributed by atoms with E-state index in [1.807, 2.05) is 68.5 Å². The first kappa shape index (κ1) is 13.4. The molecule has 0 aliphatic heterocycles. The quantitative estimate of drug-likeness (QED) is 0.684. The Balaban J connectivity index is 2.04. The predicted molar refractivity (Wildman–Crippen MR) is 83.9 cm³/mol. The van der Waals surface area contributed by atoms with Gasteiger partial charge in [-0.1, -0.05) is 30.4 Å². The van der Waals surface area contributed by atoms with Crippen molar-refractivity contribution in [3.8, 4) is 11.4 Å². The molecule has 4 nitrogen and oxygen atoms in total. The van der Waals surface area contributed by atoms with Gasteiger partial charge in [0.15, 0.2) is 0 Å². The molecule has 0 aliphatic carbocycles. The molecule has 1 heterocycles. The van der Waals surface area contributed by atoms with Crippen molar-refractivity contribution in [1.82, 2.24) is 15.0 Å². The predicted octanol–water partition coefficient (Wildman–Crippen LogP) is 3.68. The van der Waals surface area contributed by atoms with E-state index in [0.29, 0.717) is 6.61 Å². The van der Waals surface area contributed by atoms with Crippen molar-refractivity contribution in [2.45, 2.75) is 13.8 Å². The fourth-order valence-corrected chi connectivity index (χ4v) is 2.11. The van der Waals surface area contributed by atoms with Crippen molar-refractivity contribution >= 4 is 11.0 Å². The molecule has 1 aromatic heterocycles. The van der Waals surface area contributed by atoms with Gasteiger partial charge in [0.05, 0.1) is 0 Å². The molecule has 0 aliphatic rings. The molecular weight excluding hydrogens is 262 g/mol. The number of hydrogen-bond donors (Lipinski definition) is 0. The van der Waals surface area contributed by atoms with Crippen molar-refractivity contribution in [2.24, 2.45) is 0 Å². The third-order valence-corrected chi connectivity index (χ3v) is 3.19. The summed E-state index contributed by atoms with van der Waals surface area (Å²) in [5, 5.41) is 9.04. The van der Waals surface area contributed by atoms with E-state index in [4.69, 9.17) is 4.74 Å². The molecule has 2 aromatic carbocycles. The Morgan fingerprint density at radius 2 is 1.81 bits per heavy atom. The molecule has 0 saturated heterocycles. The first-order valence-corrected chi connectivity index (χ1v) is 6.95. The first-order chi connectivity index (χ1) is 10.3. The summed E-state index contributed by atoms with van der Waals surface area (Å²) >= 11 is 0. The highest BCUT2D eigenvalue weighted by Gasteiger charge is 2.10. The van der Waals surface area contributed by atoms with E-state index in [1.54, 1.807) is 4.80 Å². The zero-order valence-electron chi connectivity index (χ0n) is 12.2. The second-order valence-corrected chi connectivity index (χ2v) is 4.83. The van der Waals surface area contributed by atoms with E-state index >= 15 is 0 Å². The third-order valence-electron chi connectivity index (χ3n) is 3.19. The standard InChI is InChI=1S/C17H17N3O/c1-3-4-11-21-17-10-9-13(2)12-16(17)20-18-14-7-5-6-8-15(14)19-20/h3-10,12H,11H2,1-2H3/b4-3+. The van der Waals surface area contributed by atoms with Crippen molar-refractivity contribution in [1.29, 1.82) is 0 Å². The molecule has 0 fully saturated rings. The average Bonchev–Trinajstić information content (AvgIpc) is 2.92. The largest absolute Gasteiger partial charge is 0.487 e. The number of hydrogen-bond acceptors (Lipinski definition) is 3. The summed E-state index contributed by atoms with van der Waals surface area (Å²) in [5.74, 6) is 0.777. The summed E-state index contributed by atoms with van der Waals surface area (Å²) in [4.78, 5) is 1.64. The molecule has 0 amide bonds. The van der Waals surface area contributed by atoms with Crippen LogP contribution in [-0.2, 0) is 0 Å². The lowest BCUT2D eigenvalue weighted by molar-refractivity contribution is 0.359. The number of aryl methyl sites for hydroxylation is 1. The summed E-state index contributed by atoms with van der Waals surface area (Å²) in [6.07, 6.45) is 3.94. The normalized spacial score (nSPS) is 11.3. The van der Waals surface area contributed by atoms with Crippen LogP contribution in [0.2, 0.25) is 0 Å². The van der Waals surface area contributed by atoms with Crippen molar-refractivity contribution in [3.05, 3.63) is 60.2 Å². The summed E-state index contributed by atoms with van der Waals surface area (Å²) in [5.41, 5.74) is 3.75. The Kier molecular flexibility index (Phi) is 3.69. The van der Waals surface area contributed by atoms with Gasteiger partial charge in [0.2, 0.25) is 0 Å². The van der Waals surface area contributed by atoms with Gasteiger partial charge >= 0.3 is 0 Å². The van der Waals surface area contributed by atoms with Gasteiger partial charge in [0.25, 0.3) is 0 Å². The minimum atomic E-state index is 0.535. The maximum absolute atomic E-state index is 5.80. The van der Waals surface area contributed by atoms with Crippen LogP contribution >= 0.6 is 0 Å². The smallest absolute Gasteiger partial charge is 0.147 e. The monoisotopic (exact) mass is 279 g/mol. The van der Waals surface area contributed by atoms with Crippen LogP contribution in [0.15, 0.2) is 54.6 Å². The van der Waals surface area contributed by atoms with Crippen LogP contribution in [0.5, 0.6) is 5.75 Å². The number of ether oxygens (including phenoxy) is 1. The fraction of sp³-hybridized carbons (Fsp3) is 0.176. The molecule has 0 atom stereocenters. The molecular formula is C17H17N3O. The Labute approximate surface area is 123 Å². The van der Waals surface area contributed by atoms with Gasteiger partial charge in [0.1, 0.15) is 29.1 Å². The highest BCUT2D eigenvalue weighted by atomic mass is 16.5. The molecule has 3 aromatic rings. The summed E-state index contributed by atoms with van der Waals surface area (Å²) in [6.45, 7) is 4.55. The number of fused-ring (bicyclic) bond motifs is 1. The van der Waals surface area contributed by atoms with Crippen molar-refractivity contribution < 1.29 is 4.74 Å². The Bertz CT molecular complexity index is 757. The molecule has 4 heteroatoms.